The Bertz CT molecular complexity index is 462. The fraction of sp³-hybridized carbons (Fsp3) is 0.500. The third-order valence-electron chi connectivity index (χ3n) is 3.10. The zero-order chi connectivity index (χ0) is 14.4. The fourth-order valence-corrected chi connectivity index (χ4v) is 2.06. The highest BCUT2D eigenvalue weighted by Crippen LogP contribution is 2.19. The lowest BCUT2D eigenvalue weighted by molar-refractivity contribution is -0.137. The van der Waals surface area contributed by atoms with Crippen LogP contribution in [0.4, 0.5) is 4.39 Å². The maximum Gasteiger partial charge on any atom is 0.260 e. The SMILES string of the molecule is CNCc1cc(F)ccc1OCC(=O)N1CCOCC1. The summed E-state index contributed by atoms with van der Waals surface area (Å²) in [5.74, 6) is 0.137. The lowest BCUT2D eigenvalue weighted by Crippen LogP contribution is -2.43. The molecule has 6 heteroatoms. The number of carbonyl (C=O) groups is 1. The molecule has 1 aliphatic rings. The molecule has 0 atom stereocenters. The molecule has 110 valence electrons. The van der Waals surface area contributed by atoms with Crippen molar-refractivity contribution in [3.05, 3.63) is 29.6 Å². The first-order valence-electron chi connectivity index (χ1n) is 6.62. The van der Waals surface area contributed by atoms with Gasteiger partial charge in [-0.05, 0) is 25.2 Å². The molecule has 0 aromatic heterocycles. The summed E-state index contributed by atoms with van der Waals surface area (Å²) in [6.45, 7) is 2.76. The van der Waals surface area contributed by atoms with Crippen LogP contribution in [-0.4, -0.2) is 50.8 Å². The summed E-state index contributed by atoms with van der Waals surface area (Å²) >= 11 is 0. The molecule has 0 aliphatic carbocycles. The van der Waals surface area contributed by atoms with E-state index in [1.54, 1.807) is 18.0 Å². The van der Waals surface area contributed by atoms with Gasteiger partial charge < -0.3 is 19.7 Å². The molecule has 0 bridgehead atoms. The van der Waals surface area contributed by atoms with Crippen molar-refractivity contribution in [2.45, 2.75) is 6.54 Å². The molecule has 1 saturated heterocycles. The van der Waals surface area contributed by atoms with Crippen molar-refractivity contribution in [1.82, 2.24) is 10.2 Å². The first-order valence-corrected chi connectivity index (χ1v) is 6.62. The van der Waals surface area contributed by atoms with E-state index in [2.05, 4.69) is 5.32 Å². The number of carbonyl (C=O) groups excluding carboxylic acids is 1. The smallest absolute Gasteiger partial charge is 0.260 e. The van der Waals surface area contributed by atoms with Crippen LogP contribution in [0.15, 0.2) is 18.2 Å². The van der Waals surface area contributed by atoms with Crippen LogP contribution in [0.2, 0.25) is 0 Å². The number of nitrogens with one attached hydrogen (secondary N) is 1. The molecule has 1 aliphatic heterocycles. The van der Waals surface area contributed by atoms with Crippen molar-refractivity contribution in [3.63, 3.8) is 0 Å². The summed E-state index contributed by atoms with van der Waals surface area (Å²) in [4.78, 5) is 13.7. The highest BCUT2D eigenvalue weighted by Gasteiger charge is 2.17. The molecule has 0 radical (unpaired) electrons. The first kappa shape index (κ1) is 14.7. The van der Waals surface area contributed by atoms with E-state index in [1.165, 1.54) is 12.1 Å². The van der Waals surface area contributed by atoms with Crippen molar-refractivity contribution in [3.8, 4) is 5.75 Å². The number of halogens is 1. The summed E-state index contributed by atoms with van der Waals surface area (Å²) in [5.41, 5.74) is 0.697. The van der Waals surface area contributed by atoms with Crippen molar-refractivity contribution >= 4 is 5.91 Å². The lowest BCUT2D eigenvalue weighted by atomic mass is 10.2. The molecule has 1 heterocycles. The molecule has 20 heavy (non-hydrogen) atoms. The number of benzene rings is 1. The van der Waals surface area contributed by atoms with E-state index in [9.17, 15) is 9.18 Å². The van der Waals surface area contributed by atoms with Gasteiger partial charge in [0.05, 0.1) is 13.2 Å². The van der Waals surface area contributed by atoms with Crippen molar-refractivity contribution in [2.24, 2.45) is 0 Å². The maximum absolute atomic E-state index is 13.2. The van der Waals surface area contributed by atoms with Crippen LogP contribution in [0.1, 0.15) is 5.56 Å². The lowest BCUT2D eigenvalue weighted by Gasteiger charge is -2.26. The molecule has 1 aromatic rings. The largest absolute Gasteiger partial charge is 0.483 e. The van der Waals surface area contributed by atoms with Gasteiger partial charge in [-0.2, -0.15) is 0 Å². The Balaban J connectivity index is 1.94. The number of amides is 1. The molecule has 1 amide bonds. The van der Waals surface area contributed by atoms with Gasteiger partial charge in [0, 0.05) is 25.2 Å². The molecule has 1 fully saturated rings. The Hall–Kier alpha value is -1.66. The summed E-state index contributed by atoms with van der Waals surface area (Å²) in [7, 11) is 1.77. The molecule has 0 saturated carbocycles. The van der Waals surface area contributed by atoms with Gasteiger partial charge in [-0.25, -0.2) is 4.39 Å². The minimum absolute atomic E-state index is 0.0393. The Morgan fingerprint density at radius 1 is 1.45 bits per heavy atom. The van der Waals surface area contributed by atoms with Gasteiger partial charge >= 0.3 is 0 Å². The number of ether oxygens (including phenoxy) is 2. The van der Waals surface area contributed by atoms with E-state index < -0.39 is 0 Å². The van der Waals surface area contributed by atoms with Crippen LogP contribution < -0.4 is 10.1 Å². The third kappa shape index (κ3) is 3.91. The van der Waals surface area contributed by atoms with E-state index in [-0.39, 0.29) is 18.3 Å². The van der Waals surface area contributed by atoms with E-state index in [0.29, 0.717) is 44.2 Å². The molecule has 0 unspecified atom stereocenters. The predicted octanol–water partition coefficient (Wildman–Crippen LogP) is 0.783. The van der Waals surface area contributed by atoms with E-state index >= 15 is 0 Å². The van der Waals surface area contributed by atoms with Crippen molar-refractivity contribution < 1.29 is 18.7 Å². The van der Waals surface area contributed by atoms with Gasteiger partial charge in [-0.3, -0.25) is 4.79 Å². The molecular formula is C14H19FN2O3. The van der Waals surface area contributed by atoms with Gasteiger partial charge in [0.25, 0.3) is 5.91 Å². The highest BCUT2D eigenvalue weighted by molar-refractivity contribution is 5.77. The first-order chi connectivity index (χ1) is 9.70. The van der Waals surface area contributed by atoms with Gasteiger partial charge in [-0.15, -0.1) is 0 Å². The Labute approximate surface area is 117 Å². The number of hydrogen-bond donors (Lipinski definition) is 1. The Morgan fingerprint density at radius 3 is 2.90 bits per heavy atom. The van der Waals surface area contributed by atoms with E-state index in [1.807, 2.05) is 0 Å². The average Bonchev–Trinajstić information content (AvgIpc) is 2.47. The summed E-state index contributed by atoms with van der Waals surface area (Å²) in [6.07, 6.45) is 0. The summed E-state index contributed by atoms with van der Waals surface area (Å²) in [6, 6.07) is 4.29. The standard InChI is InChI=1S/C14H19FN2O3/c1-16-9-11-8-12(15)2-3-13(11)20-10-14(18)17-4-6-19-7-5-17/h2-3,8,16H,4-7,9-10H2,1H3. The molecule has 1 aromatic carbocycles. The topological polar surface area (TPSA) is 50.8 Å². The fourth-order valence-electron chi connectivity index (χ4n) is 2.06. The van der Waals surface area contributed by atoms with E-state index in [4.69, 9.17) is 9.47 Å². The molecule has 2 rings (SSSR count). The monoisotopic (exact) mass is 282 g/mol. The van der Waals surface area contributed by atoms with Gasteiger partial charge in [0.1, 0.15) is 11.6 Å². The second-order valence-electron chi connectivity index (χ2n) is 4.56. The van der Waals surface area contributed by atoms with Crippen LogP contribution in [0.25, 0.3) is 0 Å². The molecule has 0 spiro atoms. The second kappa shape index (κ2) is 7.21. The Morgan fingerprint density at radius 2 is 2.20 bits per heavy atom. The zero-order valence-electron chi connectivity index (χ0n) is 11.5. The van der Waals surface area contributed by atoms with Crippen LogP contribution in [0.5, 0.6) is 5.75 Å². The minimum atomic E-state index is -0.317. The predicted molar refractivity (Wildman–Crippen MR) is 72.1 cm³/mol. The maximum atomic E-state index is 13.2. The normalized spacial score (nSPS) is 15.2. The molecule has 1 N–H and O–H groups in total. The molecule has 5 nitrogen and oxygen atoms in total. The second-order valence-corrected chi connectivity index (χ2v) is 4.56. The zero-order valence-corrected chi connectivity index (χ0v) is 11.5. The quantitative estimate of drug-likeness (QED) is 0.867. The van der Waals surface area contributed by atoms with Gasteiger partial charge in [0.15, 0.2) is 6.61 Å². The average molecular weight is 282 g/mol. The van der Waals surface area contributed by atoms with Gasteiger partial charge in [0.2, 0.25) is 0 Å². The van der Waals surface area contributed by atoms with E-state index in [0.717, 1.165) is 0 Å². The van der Waals surface area contributed by atoms with Crippen LogP contribution >= 0.6 is 0 Å². The Kier molecular flexibility index (Phi) is 5.31. The van der Waals surface area contributed by atoms with Crippen molar-refractivity contribution in [1.29, 1.82) is 0 Å². The van der Waals surface area contributed by atoms with Gasteiger partial charge in [-0.1, -0.05) is 0 Å². The van der Waals surface area contributed by atoms with Crippen LogP contribution in [0, 0.1) is 5.82 Å². The number of nitrogens with zero attached hydrogens (tertiary/aromatic N) is 1. The van der Waals surface area contributed by atoms with Crippen LogP contribution in [0.3, 0.4) is 0 Å². The minimum Gasteiger partial charge on any atom is -0.483 e. The van der Waals surface area contributed by atoms with Crippen molar-refractivity contribution in [2.75, 3.05) is 40.0 Å². The summed E-state index contributed by atoms with van der Waals surface area (Å²) < 4.78 is 23.9. The number of rotatable bonds is 5. The number of morpholine rings is 1. The highest BCUT2D eigenvalue weighted by atomic mass is 19.1. The summed E-state index contributed by atoms with van der Waals surface area (Å²) in [5, 5.41) is 2.94. The molecular weight excluding hydrogens is 263 g/mol. The third-order valence-corrected chi connectivity index (χ3v) is 3.10. The van der Waals surface area contributed by atoms with Crippen LogP contribution in [-0.2, 0) is 16.1 Å². The number of hydrogen-bond acceptors (Lipinski definition) is 4.